The Morgan fingerprint density at radius 1 is 0.960 bits per heavy atom. The van der Waals surface area contributed by atoms with Gasteiger partial charge in [-0.2, -0.15) is 0 Å². The number of hydrogen-bond acceptors (Lipinski definition) is 6. The molecular formula is C19H32O6. The molecular weight excluding hydrogens is 324 g/mol. The molecule has 6 heteroatoms. The lowest BCUT2D eigenvalue weighted by molar-refractivity contribution is -0.330. The van der Waals surface area contributed by atoms with E-state index < -0.39 is 30.9 Å². The highest BCUT2D eigenvalue weighted by atomic mass is 16.7. The Kier molecular flexibility index (Phi) is 7.27. The van der Waals surface area contributed by atoms with Crippen LogP contribution in [0.4, 0.5) is 0 Å². The summed E-state index contributed by atoms with van der Waals surface area (Å²) in [4.78, 5) is 0. The molecule has 0 aromatic rings. The van der Waals surface area contributed by atoms with Crippen LogP contribution in [0.2, 0.25) is 0 Å². The van der Waals surface area contributed by atoms with Gasteiger partial charge in [0.2, 0.25) is 0 Å². The lowest BCUT2D eigenvalue weighted by Gasteiger charge is -2.47. The standard InChI is InChI=1S/C19H32O6/c1-7-8-22-18-13(5)17(16(21)15(9-20)24-18)25-19-12(4)10(2)11(3)14(6)23-19/h1,10-21H,8-9H2,2-6H3/t10-,11-,12?,13?,14?,15?,16-,17+,18+,19-/m0/s1. The van der Waals surface area contributed by atoms with Gasteiger partial charge < -0.3 is 29.2 Å². The van der Waals surface area contributed by atoms with Crippen LogP contribution < -0.4 is 0 Å². The maximum absolute atomic E-state index is 10.6. The smallest absolute Gasteiger partial charge is 0.164 e. The summed E-state index contributed by atoms with van der Waals surface area (Å²) in [5.74, 6) is 3.20. The van der Waals surface area contributed by atoms with Crippen molar-refractivity contribution in [2.75, 3.05) is 13.2 Å². The molecule has 25 heavy (non-hydrogen) atoms. The van der Waals surface area contributed by atoms with Crippen LogP contribution in [0.15, 0.2) is 0 Å². The molecule has 2 aliphatic heterocycles. The van der Waals surface area contributed by atoms with E-state index in [2.05, 4.69) is 26.7 Å². The molecule has 144 valence electrons. The second kappa shape index (κ2) is 8.81. The van der Waals surface area contributed by atoms with Crippen LogP contribution in [0, 0.1) is 36.0 Å². The average Bonchev–Trinajstić information content (AvgIpc) is 2.60. The summed E-state index contributed by atoms with van der Waals surface area (Å²) in [7, 11) is 0. The van der Waals surface area contributed by atoms with Crippen molar-refractivity contribution in [3.05, 3.63) is 0 Å². The Labute approximate surface area is 150 Å². The van der Waals surface area contributed by atoms with Crippen LogP contribution in [0.5, 0.6) is 0 Å². The predicted molar refractivity (Wildman–Crippen MR) is 92.4 cm³/mol. The Balaban J connectivity index is 2.12. The molecule has 2 N–H and O–H groups in total. The fraction of sp³-hybridized carbons (Fsp3) is 0.895. The normalized spacial score (nSPS) is 48.1. The zero-order valence-corrected chi connectivity index (χ0v) is 15.8. The number of terminal acetylenes is 1. The van der Waals surface area contributed by atoms with E-state index in [1.165, 1.54) is 0 Å². The molecule has 0 aliphatic carbocycles. The number of aliphatic hydroxyl groups excluding tert-OH is 2. The minimum absolute atomic E-state index is 0.0746. The van der Waals surface area contributed by atoms with E-state index in [0.29, 0.717) is 11.8 Å². The topological polar surface area (TPSA) is 77.4 Å². The van der Waals surface area contributed by atoms with Crippen molar-refractivity contribution in [2.24, 2.45) is 23.7 Å². The summed E-state index contributed by atoms with van der Waals surface area (Å²) in [5, 5.41) is 20.1. The van der Waals surface area contributed by atoms with Gasteiger partial charge in [0.15, 0.2) is 12.6 Å². The molecule has 4 unspecified atom stereocenters. The lowest BCUT2D eigenvalue weighted by atomic mass is 9.79. The summed E-state index contributed by atoms with van der Waals surface area (Å²) >= 11 is 0. The van der Waals surface area contributed by atoms with E-state index in [1.807, 2.05) is 13.8 Å². The Bertz CT molecular complexity index is 463. The van der Waals surface area contributed by atoms with Crippen LogP contribution >= 0.6 is 0 Å². The van der Waals surface area contributed by atoms with Gasteiger partial charge in [-0.25, -0.2) is 0 Å². The zero-order valence-electron chi connectivity index (χ0n) is 15.8. The average molecular weight is 356 g/mol. The van der Waals surface area contributed by atoms with Crippen molar-refractivity contribution < 1.29 is 29.2 Å². The van der Waals surface area contributed by atoms with Crippen molar-refractivity contribution in [3.8, 4) is 12.3 Å². The van der Waals surface area contributed by atoms with E-state index >= 15 is 0 Å². The number of hydrogen-bond donors (Lipinski definition) is 2. The third-order valence-corrected chi connectivity index (χ3v) is 5.95. The molecule has 2 saturated heterocycles. The molecule has 0 aromatic carbocycles. The van der Waals surface area contributed by atoms with E-state index in [4.69, 9.17) is 25.4 Å². The molecule has 2 fully saturated rings. The van der Waals surface area contributed by atoms with E-state index in [9.17, 15) is 10.2 Å². The highest BCUT2D eigenvalue weighted by Gasteiger charge is 2.47. The first-order valence-electron chi connectivity index (χ1n) is 9.12. The first kappa shape index (κ1) is 20.6. The van der Waals surface area contributed by atoms with Gasteiger partial charge in [-0.15, -0.1) is 6.42 Å². The quantitative estimate of drug-likeness (QED) is 0.725. The first-order chi connectivity index (χ1) is 11.8. The second-order valence-corrected chi connectivity index (χ2v) is 7.48. The number of rotatable bonds is 5. The maximum atomic E-state index is 10.6. The molecule has 2 aliphatic rings. The van der Waals surface area contributed by atoms with Gasteiger partial charge in [-0.3, -0.25) is 0 Å². The minimum Gasteiger partial charge on any atom is -0.394 e. The molecule has 10 atom stereocenters. The Morgan fingerprint density at radius 2 is 1.64 bits per heavy atom. The number of aliphatic hydroxyl groups is 2. The highest BCUT2D eigenvalue weighted by molar-refractivity contribution is 4.91. The predicted octanol–water partition coefficient (Wildman–Crippen LogP) is 1.39. The van der Waals surface area contributed by atoms with Crippen molar-refractivity contribution in [3.63, 3.8) is 0 Å². The van der Waals surface area contributed by atoms with Crippen LogP contribution in [-0.2, 0) is 18.9 Å². The van der Waals surface area contributed by atoms with Gasteiger partial charge in [0.05, 0.1) is 18.8 Å². The summed E-state index contributed by atoms with van der Waals surface area (Å²) in [6.45, 7) is 10.2. The molecule has 6 nitrogen and oxygen atoms in total. The molecule has 2 rings (SSSR count). The van der Waals surface area contributed by atoms with Crippen LogP contribution in [0.1, 0.15) is 34.6 Å². The van der Waals surface area contributed by atoms with Gasteiger partial charge >= 0.3 is 0 Å². The molecule has 0 aromatic heterocycles. The van der Waals surface area contributed by atoms with Crippen LogP contribution in [0.25, 0.3) is 0 Å². The minimum atomic E-state index is -0.966. The molecule has 2 heterocycles. The molecule has 0 saturated carbocycles. The molecule has 0 radical (unpaired) electrons. The van der Waals surface area contributed by atoms with Crippen LogP contribution in [0.3, 0.4) is 0 Å². The van der Waals surface area contributed by atoms with Crippen molar-refractivity contribution in [2.45, 2.75) is 71.6 Å². The molecule has 0 amide bonds. The largest absolute Gasteiger partial charge is 0.394 e. The summed E-state index contributed by atoms with van der Waals surface area (Å²) in [6.07, 6.45) is 1.94. The van der Waals surface area contributed by atoms with Crippen molar-refractivity contribution in [1.29, 1.82) is 0 Å². The third-order valence-electron chi connectivity index (χ3n) is 5.95. The van der Waals surface area contributed by atoms with Gasteiger partial charge in [0.1, 0.15) is 18.8 Å². The maximum Gasteiger partial charge on any atom is 0.164 e. The van der Waals surface area contributed by atoms with Gasteiger partial charge in [0.25, 0.3) is 0 Å². The fourth-order valence-corrected chi connectivity index (χ4v) is 3.66. The molecule has 0 spiro atoms. The SMILES string of the molecule is C#CCO[C@@H]1OC(CO)[C@H](O)[C@H](O[C@@H]2OC(C)[C@@H](C)[C@H](C)C2C)C1C. The monoisotopic (exact) mass is 356 g/mol. The van der Waals surface area contributed by atoms with E-state index in [0.717, 1.165) is 0 Å². The summed E-state index contributed by atoms with van der Waals surface area (Å²) in [6, 6.07) is 0. The second-order valence-electron chi connectivity index (χ2n) is 7.48. The van der Waals surface area contributed by atoms with Gasteiger partial charge in [-0.1, -0.05) is 33.6 Å². The van der Waals surface area contributed by atoms with Gasteiger partial charge in [-0.05, 0) is 18.8 Å². The zero-order chi connectivity index (χ0) is 18.7. The number of ether oxygens (including phenoxy) is 4. The third kappa shape index (κ3) is 4.36. The van der Waals surface area contributed by atoms with Crippen molar-refractivity contribution in [1.82, 2.24) is 0 Å². The summed E-state index contributed by atoms with van der Waals surface area (Å²) in [5.41, 5.74) is 0. The van der Waals surface area contributed by atoms with Crippen LogP contribution in [-0.4, -0.2) is 60.4 Å². The lowest BCUT2D eigenvalue weighted by Crippen LogP contribution is -2.58. The Hall–Kier alpha value is -0.680. The highest BCUT2D eigenvalue weighted by Crippen LogP contribution is 2.38. The summed E-state index contributed by atoms with van der Waals surface area (Å²) < 4.78 is 23.4. The molecule has 0 bridgehead atoms. The first-order valence-corrected chi connectivity index (χ1v) is 9.12. The van der Waals surface area contributed by atoms with E-state index in [1.54, 1.807) is 0 Å². The van der Waals surface area contributed by atoms with Crippen molar-refractivity contribution >= 4 is 0 Å². The fourth-order valence-electron chi connectivity index (χ4n) is 3.66. The van der Waals surface area contributed by atoms with Gasteiger partial charge in [0, 0.05) is 11.8 Å². The Morgan fingerprint density at radius 3 is 2.24 bits per heavy atom. The van der Waals surface area contributed by atoms with E-state index in [-0.39, 0.29) is 31.2 Å².